The van der Waals surface area contributed by atoms with Crippen LogP contribution in [-0.4, -0.2) is 47.4 Å². The molecule has 6 heteroatoms. The van der Waals surface area contributed by atoms with E-state index in [-0.39, 0.29) is 18.5 Å². The second-order valence-corrected chi connectivity index (χ2v) is 19.3. The molecule has 0 radical (unpaired) electrons. The summed E-state index contributed by atoms with van der Waals surface area (Å²) in [4.78, 5) is 24.5. The minimum absolute atomic E-state index is 0.0262. The van der Waals surface area contributed by atoms with E-state index in [2.05, 4.69) is 55.6 Å². The molecule has 0 bridgehead atoms. The summed E-state index contributed by atoms with van der Waals surface area (Å²) in [6.45, 7) is 4.84. The zero-order valence-electron chi connectivity index (χ0n) is 43.2. The van der Waals surface area contributed by atoms with E-state index in [1.165, 1.54) is 186 Å². The normalized spacial score (nSPS) is 13.0. The lowest BCUT2D eigenvalue weighted by atomic mass is 10.0. The van der Waals surface area contributed by atoms with Gasteiger partial charge < -0.3 is 20.3 Å². The zero-order valence-corrected chi connectivity index (χ0v) is 43.2. The van der Waals surface area contributed by atoms with Crippen LogP contribution in [0.2, 0.25) is 0 Å². The largest absolute Gasteiger partial charge is 0.466 e. The van der Waals surface area contributed by atoms with Gasteiger partial charge in [-0.15, -0.1) is 0 Å². The molecule has 2 unspecified atom stereocenters. The number of unbranched alkanes of at least 4 members (excludes halogenated alkanes) is 36. The van der Waals surface area contributed by atoms with Crippen LogP contribution in [0.3, 0.4) is 0 Å². The number of nitrogens with one attached hydrogen (secondary N) is 1. The summed E-state index contributed by atoms with van der Waals surface area (Å²) in [6.07, 6.45) is 68.4. The van der Waals surface area contributed by atoms with Gasteiger partial charge in [0.2, 0.25) is 5.91 Å². The van der Waals surface area contributed by atoms with Crippen LogP contribution >= 0.6 is 0 Å². The molecule has 0 spiro atoms. The minimum atomic E-state index is -0.859. The highest BCUT2D eigenvalue weighted by Gasteiger charge is 2.18. The molecule has 0 fully saturated rings. The lowest BCUT2D eigenvalue weighted by molar-refractivity contribution is -0.143. The Morgan fingerprint density at radius 3 is 1.18 bits per heavy atom. The van der Waals surface area contributed by atoms with Crippen LogP contribution in [-0.2, 0) is 14.3 Å². The van der Waals surface area contributed by atoms with Crippen molar-refractivity contribution in [3.8, 4) is 0 Å². The zero-order chi connectivity index (χ0) is 47.2. The maximum Gasteiger partial charge on any atom is 0.305 e. The van der Waals surface area contributed by atoms with Crippen molar-refractivity contribution in [3.63, 3.8) is 0 Å². The molecule has 0 aliphatic carbocycles. The molecule has 0 aliphatic heterocycles. The number of aliphatic hydroxyl groups is 2. The highest BCUT2D eigenvalue weighted by molar-refractivity contribution is 5.76. The van der Waals surface area contributed by atoms with Gasteiger partial charge in [-0.3, -0.25) is 9.59 Å². The molecule has 0 heterocycles. The number of rotatable bonds is 52. The minimum Gasteiger partial charge on any atom is -0.466 e. The van der Waals surface area contributed by atoms with E-state index in [0.717, 1.165) is 77.0 Å². The molecule has 0 aliphatic rings. The van der Waals surface area contributed by atoms with Crippen molar-refractivity contribution in [1.29, 1.82) is 0 Å². The number of allylic oxidation sites excluding steroid dienone is 7. The molecular weight excluding hydrogens is 803 g/mol. The topological polar surface area (TPSA) is 95.9 Å². The van der Waals surface area contributed by atoms with E-state index >= 15 is 0 Å². The van der Waals surface area contributed by atoms with Crippen molar-refractivity contribution >= 4 is 11.9 Å². The molecule has 0 rings (SSSR count). The first kappa shape index (κ1) is 62.8. The number of hydrogen-bond acceptors (Lipinski definition) is 5. The first-order valence-corrected chi connectivity index (χ1v) is 28.4. The Morgan fingerprint density at radius 1 is 0.431 bits per heavy atom. The van der Waals surface area contributed by atoms with Crippen LogP contribution in [0.25, 0.3) is 0 Å². The lowest BCUT2D eigenvalue weighted by Crippen LogP contribution is -2.45. The number of amides is 1. The number of carbonyl (C=O) groups excluding carboxylic acids is 2. The van der Waals surface area contributed by atoms with Gasteiger partial charge in [-0.05, 0) is 89.9 Å². The highest BCUT2D eigenvalue weighted by Crippen LogP contribution is 2.15. The molecule has 2 atom stereocenters. The number of hydrogen-bond donors (Lipinski definition) is 3. The summed E-state index contributed by atoms with van der Waals surface area (Å²) in [5, 5.41) is 23.1. The van der Waals surface area contributed by atoms with Gasteiger partial charge in [0.05, 0.1) is 25.4 Å². The van der Waals surface area contributed by atoms with Gasteiger partial charge in [0, 0.05) is 12.8 Å². The smallest absolute Gasteiger partial charge is 0.305 e. The Hall–Kier alpha value is -2.18. The monoisotopic (exact) mass is 912 g/mol. The third-order valence-corrected chi connectivity index (χ3v) is 12.8. The van der Waals surface area contributed by atoms with E-state index < -0.39 is 12.1 Å². The molecule has 0 aromatic rings. The maximum absolute atomic E-state index is 12.4. The van der Waals surface area contributed by atoms with Gasteiger partial charge >= 0.3 is 5.97 Å². The predicted octanol–water partition coefficient (Wildman–Crippen LogP) is 17.4. The molecule has 380 valence electrons. The summed E-state index contributed by atoms with van der Waals surface area (Å²) in [5.74, 6) is -0.117. The number of carbonyl (C=O) groups is 2. The van der Waals surface area contributed by atoms with E-state index in [0.29, 0.717) is 19.4 Å². The first-order valence-electron chi connectivity index (χ1n) is 28.4. The summed E-state index contributed by atoms with van der Waals surface area (Å²) in [6, 6.07) is -0.645. The third-order valence-electron chi connectivity index (χ3n) is 12.8. The molecule has 0 aromatic carbocycles. The molecule has 3 N–H and O–H groups in total. The summed E-state index contributed by atoms with van der Waals surface area (Å²) in [5.41, 5.74) is 0. The average Bonchev–Trinajstić information content (AvgIpc) is 3.31. The fourth-order valence-electron chi connectivity index (χ4n) is 8.44. The fraction of sp³-hybridized carbons (Fsp3) is 0.831. The predicted molar refractivity (Wildman–Crippen MR) is 282 cm³/mol. The summed E-state index contributed by atoms with van der Waals surface area (Å²) >= 11 is 0. The van der Waals surface area contributed by atoms with E-state index in [1.807, 2.05) is 6.08 Å². The maximum atomic E-state index is 12.4. The van der Waals surface area contributed by atoms with Crippen LogP contribution < -0.4 is 5.32 Å². The second kappa shape index (κ2) is 54.4. The first-order chi connectivity index (χ1) is 32.0. The lowest BCUT2D eigenvalue weighted by Gasteiger charge is -2.20. The third kappa shape index (κ3) is 51.1. The Morgan fingerprint density at radius 2 is 0.769 bits per heavy atom. The van der Waals surface area contributed by atoms with Crippen LogP contribution in [0, 0.1) is 0 Å². The van der Waals surface area contributed by atoms with Crippen molar-refractivity contribution in [1.82, 2.24) is 5.32 Å². The Kier molecular flexibility index (Phi) is 52.6. The van der Waals surface area contributed by atoms with Gasteiger partial charge in [-0.2, -0.15) is 0 Å². The van der Waals surface area contributed by atoms with Gasteiger partial charge in [-0.25, -0.2) is 0 Å². The summed E-state index contributed by atoms with van der Waals surface area (Å²) < 4.78 is 5.45. The molecular formula is C59H109NO5. The summed E-state index contributed by atoms with van der Waals surface area (Å²) in [7, 11) is 0. The number of ether oxygens (including phenoxy) is 1. The molecule has 6 nitrogen and oxygen atoms in total. The van der Waals surface area contributed by atoms with Crippen LogP contribution in [0.15, 0.2) is 48.6 Å². The molecule has 0 saturated heterocycles. The van der Waals surface area contributed by atoms with E-state index in [4.69, 9.17) is 4.74 Å². The Balaban J connectivity index is 3.54. The number of esters is 1. The number of aliphatic hydroxyl groups excluding tert-OH is 2. The SMILES string of the molecule is CCCCCCCCC/C=C\CCCCCCCCCC(=O)OCCCCC/C=C\C=C/CCCCCCCCC(=O)NC(CO)C(O)/C=C/CCCCCCCCCCCCCCC. The molecule has 0 aromatic heterocycles. The molecule has 1 amide bonds. The van der Waals surface area contributed by atoms with Crippen LogP contribution in [0.4, 0.5) is 0 Å². The van der Waals surface area contributed by atoms with E-state index in [9.17, 15) is 19.8 Å². The van der Waals surface area contributed by atoms with Crippen LogP contribution in [0.5, 0.6) is 0 Å². The van der Waals surface area contributed by atoms with Crippen molar-refractivity contribution in [2.75, 3.05) is 13.2 Å². The highest BCUT2D eigenvalue weighted by atomic mass is 16.5. The van der Waals surface area contributed by atoms with Gasteiger partial charge in [0.1, 0.15) is 0 Å². The van der Waals surface area contributed by atoms with Crippen molar-refractivity contribution < 1.29 is 24.5 Å². The molecule has 65 heavy (non-hydrogen) atoms. The standard InChI is InChI=1S/C59H109NO5/c1-3-5-7-9-11-13-15-17-19-20-21-25-29-33-37-41-45-49-53-59(64)65-54-50-46-42-38-34-30-26-22-24-28-32-36-40-44-48-52-58(63)60-56(55-61)57(62)51-47-43-39-35-31-27-23-18-16-14-12-10-8-6-4-2/h19-20,22,26,30,34,47,51,56-57,61-62H,3-18,21,23-25,27-29,31-33,35-46,48-50,52-55H2,1-2H3,(H,60,63)/b20-19-,26-22-,34-30-,51-47+. The van der Waals surface area contributed by atoms with Crippen molar-refractivity contribution in [2.24, 2.45) is 0 Å². The van der Waals surface area contributed by atoms with Gasteiger partial charge in [0.25, 0.3) is 0 Å². The Bertz CT molecular complexity index is 1100. The van der Waals surface area contributed by atoms with Gasteiger partial charge in [0.15, 0.2) is 0 Å². The molecule has 0 saturated carbocycles. The Labute approximate surface area is 404 Å². The fourth-order valence-corrected chi connectivity index (χ4v) is 8.44. The van der Waals surface area contributed by atoms with E-state index in [1.54, 1.807) is 6.08 Å². The van der Waals surface area contributed by atoms with Crippen molar-refractivity contribution in [3.05, 3.63) is 48.6 Å². The second-order valence-electron chi connectivity index (χ2n) is 19.3. The van der Waals surface area contributed by atoms with Crippen molar-refractivity contribution in [2.45, 2.75) is 302 Å². The average molecular weight is 913 g/mol. The van der Waals surface area contributed by atoms with Crippen LogP contribution in [0.1, 0.15) is 290 Å². The van der Waals surface area contributed by atoms with Gasteiger partial charge in [-0.1, -0.05) is 236 Å². The quantitative estimate of drug-likeness (QED) is 0.0245.